The molecule has 1 aliphatic heterocycles. The lowest BCUT2D eigenvalue weighted by molar-refractivity contribution is -0.118. The number of carbonyl (C=O) groups is 1. The Bertz CT molecular complexity index is 1020. The second-order valence-electron chi connectivity index (χ2n) is 6.92. The standard InChI is InChI=1S/C21H20ClN5O/c1-13(2)19(28)24-20-25-21-23-17(14-6-4-3-5-7-14)12-18(27(21)26-20)15-8-10-16(22)11-9-15/h3-13,18H,1-2H3,(H2,23,24,25,26,28). The van der Waals surface area contributed by atoms with Crippen LogP contribution in [0.2, 0.25) is 5.02 Å². The van der Waals surface area contributed by atoms with Gasteiger partial charge in [0.2, 0.25) is 11.9 Å². The molecule has 4 rings (SSSR count). The van der Waals surface area contributed by atoms with Crippen molar-refractivity contribution in [3.8, 4) is 0 Å². The van der Waals surface area contributed by atoms with Crippen molar-refractivity contribution in [1.82, 2.24) is 14.8 Å². The van der Waals surface area contributed by atoms with Crippen molar-refractivity contribution in [2.24, 2.45) is 5.92 Å². The fraction of sp³-hybridized carbons (Fsp3) is 0.190. The molecular formula is C21H20ClN5O. The predicted octanol–water partition coefficient (Wildman–Crippen LogP) is 4.58. The van der Waals surface area contributed by atoms with Crippen LogP contribution in [-0.2, 0) is 4.79 Å². The maximum absolute atomic E-state index is 12.1. The van der Waals surface area contributed by atoms with Crippen molar-refractivity contribution in [1.29, 1.82) is 0 Å². The Morgan fingerprint density at radius 2 is 1.86 bits per heavy atom. The van der Waals surface area contributed by atoms with Gasteiger partial charge in [0.15, 0.2) is 0 Å². The van der Waals surface area contributed by atoms with E-state index in [-0.39, 0.29) is 23.8 Å². The summed E-state index contributed by atoms with van der Waals surface area (Å²) in [5, 5.41) is 11.3. The Balaban J connectivity index is 1.75. The van der Waals surface area contributed by atoms with Gasteiger partial charge in [-0.3, -0.25) is 10.1 Å². The maximum atomic E-state index is 12.1. The highest BCUT2D eigenvalue weighted by Gasteiger charge is 2.26. The second kappa shape index (κ2) is 7.48. The van der Waals surface area contributed by atoms with Crippen LogP contribution in [0.1, 0.15) is 31.0 Å². The van der Waals surface area contributed by atoms with Crippen LogP contribution in [0.25, 0.3) is 5.70 Å². The number of hydrogen-bond donors (Lipinski definition) is 2. The van der Waals surface area contributed by atoms with E-state index in [1.807, 2.05) is 68.4 Å². The number of allylic oxidation sites excluding steroid dienone is 1. The van der Waals surface area contributed by atoms with Gasteiger partial charge in [-0.15, -0.1) is 5.10 Å². The number of anilines is 2. The molecule has 6 nitrogen and oxygen atoms in total. The number of hydrogen-bond acceptors (Lipinski definition) is 4. The van der Waals surface area contributed by atoms with Crippen molar-refractivity contribution in [2.75, 3.05) is 10.6 Å². The number of benzene rings is 2. The first-order valence-corrected chi connectivity index (χ1v) is 9.46. The smallest absolute Gasteiger partial charge is 0.250 e. The lowest BCUT2D eigenvalue weighted by Crippen LogP contribution is -2.20. The number of fused-ring (bicyclic) bond motifs is 1. The van der Waals surface area contributed by atoms with Gasteiger partial charge in [0.1, 0.15) is 6.04 Å². The summed E-state index contributed by atoms with van der Waals surface area (Å²) in [5.41, 5.74) is 3.00. The van der Waals surface area contributed by atoms with Gasteiger partial charge in [0, 0.05) is 16.6 Å². The zero-order valence-electron chi connectivity index (χ0n) is 15.6. The normalized spacial score (nSPS) is 15.6. The zero-order chi connectivity index (χ0) is 19.7. The molecule has 2 N–H and O–H groups in total. The molecule has 3 aromatic rings. The van der Waals surface area contributed by atoms with Crippen molar-refractivity contribution < 1.29 is 4.79 Å². The van der Waals surface area contributed by atoms with Crippen molar-refractivity contribution >= 4 is 35.1 Å². The van der Waals surface area contributed by atoms with E-state index < -0.39 is 0 Å². The van der Waals surface area contributed by atoms with Crippen LogP contribution < -0.4 is 10.6 Å². The highest BCUT2D eigenvalue weighted by Crippen LogP contribution is 2.33. The summed E-state index contributed by atoms with van der Waals surface area (Å²) < 4.78 is 1.77. The number of aromatic nitrogens is 3. The Morgan fingerprint density at radius 3 is 2.54 bits per heavy atom. The molecule has 0 spiro atoms. The van der Waals surface area contributed by atoms with Gasteiger partial charge >= 0.3 is 0 Å². The van der Waals surface area contributed by atoms with Gasteiger partial charge in [-0.25, -0.2) is 4.68 Å². The predicted molar refractivity (Wildman–Crippen MR) is 111 cm³/mol. The molecular weight excluding hydrogens is 374 g/mol. The van der Waals surface area contributed by atoms with Crippen LogP contribution in [0, 0.1) is 5.92 Å². The molecule has 0 saturated carbocycles. The molecule has 1 unspecified atom stereocenters. The average molecular weight is 394 g/mol. The third-order valence-electron chi connectivity index (χ3n) is 4.52. The molecule has 28 heavy (non-hydrogen) atoms. The first-order valence-electron chi connectivity index (χ1n) is 9.08. The number of amides is 1. The average Bonchev–Trinajstić information content (AvgIpc) is 3.11. The second-order valence-corrected chi connectivity index (χ2v) is 7.35. The van der Waals surface area contributed by atoms with E-state index >= 15 is 0 Å². The molecule has 0 saturated heterocycles. The maximum Gasteiger partial charge on any atom is 0.250 e. The lowest BCUT2D eigenvalue weighted by atomic mass is 10.0. The Kier molecular flexibility index (Phi) is 4.88. The minimum Gasteiger partial charge on any atom is -0.324 e. The summed E-state index contributed by atoms with van der Waals surface area (Å²) in [6, 6.07) is 17.5. The molecule has 0 aliphatic carbocycles. The fourth-order valence-corrected chi connectivity index (χ4v) is 3.11. The third kappa shape index (κ3) is 3.64. The third-order valence-corrected chi connectivity index (χ3v) is 4.77. The Labute approximate surface area is 168 Å². The van der Waals surface area contributed by atoms with E-state index in [0.29, 0.717) is 11.0 Å². The van der Waals surface area contributed by atoms with Crippen LogP contribution in [0.3, 0.4) is 0 Å². The molecule has 142 valence electrons. The summed E-state index contributed by atoms with van der Waals surface area (Å²) in [6.45, 7) is 3.66. The van der Waals surface area contributed by atoms with E-state index in [2.05, 4.69) is 26.8 Å². The molecule has 2 aromatic carbocycles. The van der Waals surface area contributed by atoms with Gasteiger partial charge < -0.3 is 5.32 Å². The van der Waals surface area contributed by atoms with Crippen LogP contribution in [0.5, 0.6) is 0 Å². The van der Waals surface area contributed by atoms with Gasteiger partial charge in [-0.1, -0.05) is 67.9 Å². The summed E-state index contributed by atoms with van der Waals surface area (Å²) >= 11 is 6.06. The first-order chi connectivity index (χ1) is 13.5. The molecule has 1 aromatic heterocycles. The number of nitrogens with one attached hydrogen (secondary N) is 2. The Morgan fingerprint density at radius 1 is 1.14 bits per heavy atom. The summed E-state index contributed by atoms with van der Waals surface area (Å²) in [7, 11) is 0. The number of halogens is 1. The minimum atomic E-state index is -0.180. The highest BCUT2D eigenvalue weighted by atomic mass is 35.5. The first kappa shape index (κ1) is 18.3. The minimum absolute atomic E-state index is 0.123. The van der Waals surface area contributed by atoms with E-state index in [1.165, 1.54) is 0 Å². The topological polar surface area (TPSA) is 71.8 Å². The van der Waals surface area contributed by atoms with Crippen molar-refractivity contribution in [3.05, 3.63) is 76.8 Å². The molecule has 1 aliphatic rings. The molecule has 2 heterocycles. The van der Waals surface area contributed by atoms with E-state index in [9.17, 15) is 4.79 Å². The highest BCUT2D eigenvalue weighted by molar-refractivity contribution is 6.30. The quantitative estimate of drug-likeness (QED) is 0.680. The van der Waals surface area contributed by atoms with Crippen molar-refractivity contribution in [3.63, 3.8) is 0 Å². The van der Waals surface area contributed by atoms with Crippen LogP contribution >= 0.6 is 11.6 Å². The van der Waals surface area contributed by atoms with Crippen molar-refractivity contribution in [2.45, 2.75) is 19.9 Å². The number of rotatable bonds is 4. The number of nitrogens with zero attached hydrogens (tertiary/aromatic N) is 3. The molecule has 0 bridgehead atoms. The van der Waals surface area contributed by atoms with Gasteiger partial charge in [-0.05, 0) is 29.3 Å². The number of carbonyl (C=O) groups excluding carboxylic acids is 1. The van der Waals surface area contributed by atoms with E-state index in [4.69, 9.17) is 11.6 Å². The molecule has 1 atom stereocenters. The fourth-order valence-electron chi connectivity index (χ4n) is 2.98. The molecule has 7 heteroatoms. The zero-order valence-corrected chi connectivity index (χ0v) is 16.3. The lowest BCUT2D eigenvalue weighted by Gasteiger charge is -2.24. The van der Waals surface area contributed by atoms with E-state index in [0.717, 1.165) is 16.8 Å². The van der Waals surface area contributed by atoms with Gasteiger partial charge in [0.05, 0.1) is 0 Å². The molecule has 0 fully saturated rings. The molecule has 1 amide bonds. The SMILES string of the molecule is CC(C)C(=O)Nc1nc2n(n1)C(c1ccc(Cl)cc1)C=C(c1ccccc1)N2. The van der Waals surface area contributed by atoms with Gasteiger partial charge in [0.25, 0.3) is 5.95 Å². The Hall–Kier alpha value is -3.12. The van der Waals surface area contributed by atoms with Crippen LogP contribution in [-0.4, -0.2) is 20.7 Å². The largest absolute Gasteiger partial charge is 0.324 e. The summed E-state index contributed by atoms with van der Waals surface area (Å²) in [6.07, 6.45) is 2.09. The van der Waals surface area contributed by atoms with E-state index in [1.54, 1.807) is 4.68 Å². The van der Waals surface area contributed by atoms with Gasteiger partial charge in [-0.2, -0.15) is 4.98 Å². The molecule has 0 radical (unpaired) electrons. The van der Waals surface area contributed by atoms with Crippen LogP contribution in [0.15, 0.2) is 60.7 Å². The summed E-state index contributed by atoms with van der Waals surface area (Å²) in [4.78, 5) is 16.5. The monoisotopic (exact) mass is 393 g/mol. The summed E-state index contributed by atoms with van der Waals surface area (Å²) in [5.74, 6) is 0.573. The van der Waals surface area contributed by atoms with Crippen LogP contribution in [0.4, 0.5) is 11.9 Å².